The first-order valence-corrected chi connectivity index (χ1v) is 8.28. The molecule has 2 aromatic rings. The lowest BCUT2D eigenvalue weighted by atomic mass is 10.0. The predicted octanol–water partition coefficient (Wildman–Crippen LogP) is -0.179. The summed E-state index contributed by atoms with van der Waals surface area (Å²) in [7, 11) is 0. The molecule has 0 spiro atoms. The number of aromatic nitrogens is 2. The molecule has 0 radical (unpaired) electrons. The van der Waals surface area contributed by atoms with Crippen molar-refractivity contribution in [2.75, 3.05) is 25.2 Å². The lowest BCUT2D eigenvalue weighted by Gasteiger charge is -2.31. The lowest BCUT2D eigenvalue weighted by molar-refractivity contribution is -0.786. The van der Waals surface area contributed by atoms with Crippen molar-refractivity contribution in [3.8, 4) is 11.3 Å². The zero-order chi connectivity index (χ0) is 18.9. The second kappa shape index (κ2) is 7.22. The van der Waals surface area contributed by atoms with E-state index in [1.165, 1.54) is 12.1 Å². The highest BCUT2D eigenvalue weighted by atomic mass is 19.1. The number of aryl methyl sites for hydroxylation is 1. The fourth-order valence-corrected chi connectivity index (χ4v) is 2.84. The van der Waals surface area contributed by atoms with Gasteiger partial charge in [-0.3, -0.25) is 5.32 Å². The molecule has 1 aromatic heterocycles. The van der Waals surface area contributed by atoms with Crippen molar-refractivity contribution < 1.29 is 19.7 Å². The van der Waals surface area contributed by atoms with Gasteiger partial charge in [0.25, 0.3) is 0 Å². The molecule has 8 nitrogen and oxygen atoms in total. The summed E-state index contributed by atoms with van der Waals surface area (Å²) in [5.41, 5.74) is 1.51. The first-order valence-electron chi connectivity index (χ1n) is 8.28. The molecule has 5 N–H and O–H groups in total. The molecule has 0 fully saturated rings. The highest BCUT2D eigenvalue weighted by Gasteiger charge is 2.28. The van der Waals surface area contributed by atoms with Gasteiger partial charge in [-0.25, -0.2) is 9.37 Å². The fourth-order valence-electron chi connectivity index (χ4n) is 2.84. The summed E-state index contributed by atoms with van der Waals surface area (Å²) in [6.45, 7) is 3.29. The Labute approximate surface area is 150 Å². The van der Waals surface area contributed by atoms with Crippen LogP contribution in [0.1, 0.15) is 18.1 Å². The third kappa shape index (κ3) is 3.53. The zero-order valence-electron chi connectivity index (χ0n) is 14.6. The number of halogens is 1. The minimum absolute atomic E-state index is 0.128. The average molecular weight is 363 g/mol. The molecular formula is C17H22FN5O3. The Morgan fingerprint density at radius 3 is 2.73 bits per heavy atom. The van der Waals surface area contributed by atoms with Gasteiger partial charge in [0.05, 0.1) is 30.0 Å². The highest BCUT2D eigenvalue weighted by Crippen LogP contribution is 2.30. The number of aliphatic hydroxyl groups is 2. The monoisotopic (exact) mass is 363 g/mol. The van der Waals surface area contributed by atoms with Crippen LogP contribution in [0.5, 0.6) is 0 Å². The van der Waals surface area contributed by atoms with Gasteiger partial charge in [-0.05, 0) is 37.6 Å². The third-order valence-electron chi connectivity index (χ3n) is 4.41. The van der Waals surface area contributed by atoms with Gasteiger partial charge in [-0.15, -0.1) is 0 Å². The molecule has 9 heteroatoms. The van der Waals surface area contributed by atoms with E-state index in [4.69, 9.17) is 0 Å². The molecule has 1 aliphatic rings. The number of nitrogens with zero attached hydrogens (tertiary/aromatic N) is 2. The van der Waals surface area contributed by atoms with Crippen molar-refractivity contribution in [3.05, 3.63) is 40.4 Å². The number of hydroxylamine groups is 1. The van der Waals surface area contributed by atoms with Crippen LogP contribution in [-0.2, 0) is 6.54 Å². The van der Waals surface area contributed by atoms with E-state index in [9.17, 15) is 19.8 Å². The number of hydrogen-bond acceptors (Lipinski definition) is 7. The SMILES string of the molecule is Cc1cc(F)ccc1-c1nc(NC(C)(CO)CO)nc2c1CNC[NH+]2[O-]. The van der Waals surface area contributed by atoms with Gasteiger partial charge >= 0.3 is 0 Å². The Morgan fingerprint density at radius 2 is 2.08 bits per heavy atom. The molecule has 0 saturated heterocycles. The second-order valence-corrected chi connectivity index (χ2v) is 6.71. The Bertz CT molecular complexity index is 813. The maximum atomic E-state index is 13.5. The van der Waals surface area contributed by atoms with Crippen LogP contribution in [0.25, 0.3) is 11.3 Å². The van der Waals surface area contributed by atoms with Crippen LogP contribution in [0.15, 0.2) is 18.2 Å². The summed E-state index contributed by atoms with van der Waals surface area (Å²) in [5, 5.41) is 37.1. The molecule has 140 valence electrons. The Balaban J connectivity index is 2.16. The Morgan fingerprint density at radius 1 is 1.35 bits per heavy atom. The van der Waals surface area contributed by atoms with E-state index in [1.54, 1.807) is 19.9 Å². The molecule has 1 unspecified atom stereocenters. The number of fused-ring (bicyclic) bond motifs is 1. The van der Waals surface area contributed by atoms with E-state index in [2.05, 4.69) is 20.6 Å². The van der Waals surface area contributed by atoms with Gasteiger partial charge in [0.15, 0.2) is 0 Å². The first kappa shape index (κ1) is 18.6. The summed E-state index contributed by atoms with van der Waals surface area (Å²) >= 11 is 0. The number of benzene rings is 1. The molecule has 1 atom stereocenters. The van der Waals surface area contributed by atoms with E-state index in [0.717, 1.165) is 0 Å². The minimum Gasteiger partial charge on any atom is -0.627 e. The van der Waals surface area contributed by atoms with Crippen molar-refractivity contribution in [2.45, 2.75) is 25.9 Å². The zero-order valence-corrected chi connectivity index (χ0v) is 14.6. The van der Waals surface area contributed by atoms with E-state index in [1.807, 2.05) is 0 Å². The average Bonchev–Trinajstić information content (AvgIpc) is 2.62. The summed E-state index contributed by atoms with van der Waals surface area (Å²) in [4.78, 5) is 8.80. The number of aliphatic hydroxyl groups excluding tert-OH is 2. The van der Waals surface area contributed by atoms with E-state index < -0.39 is 5.54 Å². The maximum Gasteiger partial charge on any atom is 0.237 e. The van der Waals surface area contributed by atoms with Gasteiger partial charge < -0.3 is 25.8 Å². The molecule has 1 aliphatic heterocycles. The molecule has 3 rings (SSSR count). The summed E-state index contributed by atoms with van der Waals surface area (Å²) in [6.07, 6.45) is 0. The molecule has 0 bridgehead atoms. The van der Waals surface area contributed by atoms with Crippen LogP contribution >= 0.6 is 0 Å². The highest BCUT2D eigenvalue weighted by molar-refractivity contribution is 5.71. The predicted molar refractivity (Wildman–Crippen MR) is 94.1 cm³/mol. The third-order valence-corrected chi connectivity index (χ3v) is 4.41. The van der Waals surface area contributed by atoms with Crippen LogP contribution < -0.4 is 15.7 Å². The quantitative estimate of drug-likeness (QED) is 0.468. The second-order valence-electron chi connectivity index (χ2n) is 6.71. The molecule has 1 aromatic carbocycles. The normalized spacial score (nSPS) is 17.1. The van der Waals surface area contributed by atoms with Crippen molar-refractivity contribution in [3.63, 3.8) is 0 Å². The van der Waals surface area contributed by atoms with Gasteiger partial charge in [0.1, 0.15) is 12.5 Å². The molecule has 2 heterocycles. The van der Waals surface area contributed by atoms with Crippen LogP contribution in [0.2, 0.25) is 0 Å². The molecule has 0 saturated carbocycles. The maximum absolute atomic E-state index is 13.5. The number of hydrogen-bond donors (Lipinski definition) is 5. The van der Waals surface area contributed by atoms with Crippen LogP contribution in [0, 0.1) is 17.9 Å². The lowest BCUT2D eigenvalue weighted by Crippen LogP contribution is -3.05. The Hall–Kier alpha value is -2.17. The molecule has 0 amide bonds. The van der Waals surface area contributed by atoms with Crippen molar-refractivity contribution in [1.29, 1.82) is 0 Å². The Kier molecular flexibility index (Phi) is 5.17. The van der Waals surface area contributed by atoms with E-state index in [-0.39, 0.29) is 36.7 Å². The number of rotatable bonds is 5. The van der Waals surface area contributed by atoms with Gasteiger partial charge in [0.2, 0.25) is 11.8 Å². The van der Waals surface area contributed by atoms with Crippen molar-refractivity contribution in [1.82, 2.24) is 15.3 Å². The number of quaternary nitrogens is 1. The van der Waals surface area contributed by atoms with Gasteiger partial charge in [0, 0.05) is 12.1 Å². The molecular weight excluding hydrogens is 341 g/mol. The van der Waals surface area contributed by atoms with Crippen LogP contribution in [-0.4, -0.2) is 45.6 Å². The molecule has 0 aliphatic carbocycles. The fraction of sp³-hybridized carbons (Fsp3) is 0.412. The summed E-state index contributed by atoms with van der Waals surface area (Å²) in [6, 6.07) is 4.36. The van der Waals surface area contributed by atoms with Crippen molar-refractivity contribution in [2.24, 2.45) is 0 Å². The van der Waals surface area contributed by atoms with Crippen LogP contribution in [0.3, 0.4) is 0 Å². The summed E-state index contributed by atoms with van der Waals surface area (Å²) in [5.74, 6) is 0.0661. The van der Waals surface area contributed by atoms with E-state index in [0.29, 0.717) is 34.7 Å². The van der Waals surface area contributed by atoms with Crippen LogP contribution in [0.4, 0.5) is 16.2 Å². The molecule has 26 heavy (non-hydrogen) atoms. The smallest absolute Gasteiger partial charge is 0.237 e. The topological polar surface area (TPSA) is 118 Å². The number of nitrogens with one attached hydrogen (secondary N) is 3. The van der Waals surface area contributed by atoms with Gasteiger partial charge in [-0.2, -0.15) is 4.98 Å². The van der Waals surface area contributed by atoms with Gasteiger partial charge in [-0.1, -0.05) is 0 Å². The number of anilines is 1. The summed E-state index contributed by atoms with van der Waals surface area (Å²) < 4.78 is 13.5. The minimum atomic E-state index is -1.04. The van der Waals surface area contributed by atoms with E-state index >= 15 is 0 Å². The van der Waals surface area contributed by atoms with Crippen molar-refractivity contribution >= 4 is 11.8 Å². The standard InChI is InChI=1S/C17H22FN5O3/c1-10-5-11(18)3-4-12(10)14-13-6-19-9-23(26)15(13)21-16(20-14)22-17(2,7-24)8-25/h3-5,19,23-25H,6-9H2,1-2H3,(H,20,21,22). The first-order chi connectivity index (χ1) is 12.4. The largest absolute Gasteiger partial charge is 0.627 e.